The summed E-state index contributed by atoms with van der Waals surface area (Å²) in [6.07, 6.45) is 2.23. The van der Waals surface area contributed by atoms with Crippen LogP contribution in [-0.4, -0.2) is 22.1 Å². The van der Waals surface area contributed by atoms with Crippen LogP contribution in [0.25, 0.3) is 0 Å². The first kappa shape index (κ1) is 19.4. The molecule has 0 radical (unpaired) electrons. The number of hydrogen-bond acceptors (Lipinski definition) is 1. The Morgan fingerprint density at radius 1 is 1.05 bits per heavy atom. The molecule has 1 aromatic carbocycles. The van der Waals surface area contributed by atoms with Gasteiger partial charge in [-0.3, -0.25) is 0 Å². The van der Waals surface area contributed by atoms with Crippen molar-refractivity contribution in [3.05, 3.63) is 42.0 Å². The molecule has 1 aromatic rings. The molecule has 0 amide bonds. The molecule has 1 rings (SSSR count). The van der Waals surface area contributed by atoms with E-state index in [1.54, 1.807) is 0 Å². The lowest BCUT2D eigenvalue weighted by Crippen LogP contribution is -2.59. The molecule has 0 aliphatic rings. The van der Waals surface area contributed by atoms with Gasteiger partial charge >= 0.3 is 0 Å². The summed E-state index contributed by atoms with van der Waals surface area (Å²) in [6.45, 7) is 20.9. The van der Waals surface area contributed by atoms with Crippen LogP contribution in [0, 0.1) is 0 Å². The SMILES string of the molecule is C/C=C(\C)[C@@H](O[Si](C)(C)C(C)(C)C)[Si](C)(C)c1ccccc1. The highest BCUT2D eigenvalue weighted by molar-refractivity contribution is 6.92. The van der Waals surface area contributed by atoms with Crippen molar-refractivity contribution in [2.75, 3.05) is 0 Å². The monoisotopic (exact) mass is 334 g/mol. The highest BCUT2D eigenvalue weighted by Gasteiger charge is 2.44. The molecular formula is C19H34OSi2. The second kappa shape index (κ2) is 6.85. The van der Waals surface area contributed by atoms with Crippen molar-refractivity contribution >= 4 is 21.6 Å². The van der Waals surface area contributed by atoms with Crippen molar-refractivity contribution < 1.29 is 4.43 Å². The highest BCUT2D eigenvalue weighted by atomic mass is 28.4. The predicted octanol–water partition coefficient (Wildman–Crippen LogP) is 5.50. The van der Waals surface area contributed by atoms with Gasteiger partial charge in [-0.25, -0.2) is 0 Å². The lowest BCUT2D eigenvalue weighted by molar-refractivity contribution is 0.275. The van der Waals surface area contributed by atoms with Crippen LogP contribution in [0.4, 0.5) is 0 Å². The van der Waals surface area contributed by atoms with Gasteiger partial charge in [-0.2, -0.15) is 0 Å². The molecule has 1 nitrogen and oxygen atoms in total. The van der Waals surface area contributed by atoms with E-state index in [4.69, 9.17) is 4.43 Å². The van der Waals surface area contributed by atoms with Gasteiger partial charge in [-0.15, -0.1) is 0 Å². The van der Waals surface area contributed by atoms with Crippen LogP contribution in [-0.2, 0) is 4.43 Å². The third kappa shape index (κ3) is 4.21. The smallest absolute Gasteiger partial charge is 0.192 e. The molecule has 0 bridgehead atoms. The Morgan fingerprint density at radius 2 is 1.55 bits per heavy atom. The average Bonchev–Trinajstić information content (AvgIpc) is 2.43. The zero-order chi connectivity index (χ0) is 17.2. The van der Waals surface area contributed by atoms with E-state index in [0.717, 1.165) is 0 Å². The molecule has 0 spiro atoms. The Balaban J connectivity index is 3.26. The molecule has 124 valence electrons. The fourth-order valence-corrected chi connectivity index (χ4v) is 8.30. The summed E-state index contributed by atoms with van der Waals surface area (Å²) >= 11 is 0. The zero-order valence-corrected chi connectivity index (χ0v) is 17.9. The Kier molecular flexibility index (Phi) is 6.04. The number of rotatable bonds is 5. The maximum absolute atomic E-state index is 6.91. The molecule has 22 heavy (non-hydrogen) atoms. The van der Waals surface area contributed by atoms with Gasteiger partial charge < -0.3 is 4.43 Å². The van der Waals surface area contributed by atoms with E-state index in [0.29, 0.717) is 0 Å². The van der Waals surface area contributed by atoms with Crippen molar-refractivity contribution in [2.45, 2.75) is 71.6 Å². The first-order chi connectivity index (χ1) is 9.93. The summed E-state index contributed by atoms with van der Waals surface area (Å²) in [4.78, 5) is 0. The van der Waals surface area contributed by atoms with Crippen LogP contribution in [0.5, 0.6) is 0 Å². The van der Waals surface area contributed by atoms with Crippen molar-refractivity contribution in [1.82, 2.24) is 0 Å². The molecule has 0 saturated heterocycles. The second-order valence-electron chi connectivity index (χ2n) is 8.38. The second-order valence-corrected chi connectivity index (χ2v) is 17.7. The van der Waals surface area contributed by atoms with Crippen LogP contribution in [0.15, 0.2) is 42.0 Å². The summed E-state index contributed by atoms with van der Waals surface area (Å²) in [7, 11) is -3.53. The zero-order valence-electron chi connectivity index (χ0n) is 15.9. The molecule has 0 aliphatic carbocycles. The van der Waals surface area contributed by atoms with E-state index >= 15 is 0 Å². The topological polar surface area (TPSA) is 9.23 Å². The molecule has 0 aliphatic heterocycles. The fourth-order valence-electron chi connectivity index (χ4n) is 2.45. The minimum Gasteiger partial charge on any atom is -0.413 e. The van der Waals surface area contributed by atoms with Gasteiger partial charge in [0.15, 0.2) is 8.32 Å². The molecule has 0 fully saturated rings. The van der Waals surface area contributed by atoms with Gasteiger partial charge in [0.1, 0.15) is 8.07 Å². The molecule has 0 unspecified atom stereocenters. The summed E-state index contributed by atoms with van der Waals surface area (Å²) in [5.41, 5.74) is 1.63. The minimum atomic E-state index is -1.80. The van der Waals surface area contributed by atoms with Gasteiger partial charge in [-0.05, 0) is 32.0 Å². The Morgan fingerprint density at radius 3 is 1.95 bits per heavy atom. The van der Waals surface area contributed by atoms with E-state index < -0.39 is 16.4 Å². The summed E-state index contributed by atoms with van der Waals surface area (Å²) in [5, 5.41) is 1.71. The van der Waals surface area contributed by atoms with Gasteiger partial charge in [0.05, 0.1) is 5.73 Å². The van der Waals surface area contributed by atoms with E-state index in [9.17, 15) is 0 Å². The maximum atomic E-state index is 6.91. The van der Waals surface area contributed by atoms with Crippen LogP contribution >= 0.6 is 0 Å². The van der Waals surface area contributed by atoms with Crippen LogP contribution in [0.2, 0.25) is 31.2 Å². The Bertz CT molecular complexity index is 510. The van der Waals surface area contributed by atoms with Crippen molar-refractivity contribution in [3.63, 3.8) is 0 Å². The van der Waals surface area contributed by atoms with Gasteiger partial charge in [0.25, 0.3) is 0 Å². The Labute approximate surface area is 139 Å². The molecule has 0 aromatic heterocycles. The van der Waals surface area contributed by atoms with E-state index in [2.05, 4.69) is 97.2 Å². The van der Waals surface area contributed by atoms with Crippen molar-refractivity contribution in [2.24, 2.45) is 0 Å². The van der Waals surface area contributed by atoms with Crippen LogP contribution in [0.3, 0.4) is 0 Å². The standard InChI is InChI=1S/C19H34OSi2/c1-10-16(2)18(20-22(8,9)19(3,4)5)21(6,7)17-14-12-11-13-15-17/h10-15,18H,1-9H3/b16-10+/t18-/m0/s1. The molecule has 0 N–H and O–H groups in total. The highest BCUT2D eigenvalue weighted by Crippen LogP contribution is 2.39. The first-order valence-electron chi connectivity index (χ1n) is 8.29. The number of hydrogen-bond donors (Lipinski definition) is 0. The molecular weight excluding hydrogens is 300 g/mol. The predicted molar refractivity (Wildman–Crippen MR) is 105 cm³/mol. The minimum absolute atomic E-state index is 0.237. The number of benzene rings is 1. The van der Waals surface area contributed by atoms with Gasteiger partial charge in [0.2, 0.25) is 0 Å². The van der Waals surface area contributed by atoms with E-state index in [1.165, 1.54) is 10.8 Å². The lowest BCUT2D eigenvalue weighted by atomic mass is 10.2. The van der Waals surface area contributed by atoms with Gasteiger partial charge in [-0.1, -0.05) is 81.0 Å². The molecule has 1 atom stereocenters. The molecule has 0 saturated carbocycles. The largest absolute Gasteiger partial charge is 0.413 e. The summed E-state index contributed by atoms with van der Waals surface area (Å²) in [5.74, 6) is 0. The number of allylic oxidation sites excluding steroid dienone is 1. The molecule has 3 heteroatoms. The lowest BCUT2D eigenvalue weighted by Gasteiger charge is -2.44. The fraction of sp³-hybridized carbons (Fsp3) is 0.579. The van der Waals surface area contributed by atoms with E-state index in [-0.39, 0.29) is 10.8 Å². The maximum Gasteiger partial charge on any atom is 0.192 e. The average molecular weight is 335 g/mol. The summed E-state index contributed by atoms with van der Waals surface area (Å²) < 4.78 is 6.91. The third-order valence-electron chi connectivity index (χ3n) is 5.26. The van der Waals surface area contributed by atoms with Crippen LogP contribution < -0.4 is 5.19 Å². The normalized spacial score (nSPS) is 15.8. The Hall–Kier alpha value is -0.646. The summed E-state index contributed by atoms with van der Waals surface area (Å²) in [6, 6.07) is 10.9. The van der Waals surface area contributed by atoms with Crippen molar-refractivity contribution in [3.8, 4) is 0 Å². The van der Waals surface area contributed by atoms with Crippen molar-refractivity contribution in [1.29, 1.82) is 0 Å². The quantitative estimate of drug-likeness (QED) is 0.510. The van der Waals surface area contributed by atoms with Crippen LogP contribution in [0.1, 0.15) is 34.6 Å². The van der Waals surface area contributed by atoms with Gasteiger partial charge in [0, 0.05) is 0 Å². The first-order valence-corrected chi connectivity index (χ1v) is 14.3. The van der Waals surface area contributed by atoms with E-state index in [1.807, 2.05) is 0 Å². The third-order valence-corrected chi connectivity index (χ3v) is 13.6. The molecule has 0 heterocycles.